The summed E-state index contributed by atoms with van der Waals surface area (Å²) in [5.41, 5.74) is 1.88. The summed E-state index contributed by atoms with van der Waals surface area (Å²) in [6.45, 7) is 1.82. The van der Waals surface area contributed by atoms with E-state index < -0.39 is 5.97 Å². The van der Waals surface area contributed by atoms with Crippen molar-refractivity contribution in [3.05, 3.63) is 67.9 Å². The maximum atomic E-state index is 12.9. The fourth-order valence-corrected chi connectivity index (χ4v) is 3.55. The lowest BCUT2D eigenvalue weighted by molar-refractivity contribution is 0.0696. The average molecular weight is 440 g/mol. The lowest BCUT2D eigenvalue weighted by atomic mass is 10.1. The zero-order valence-electron chi connectivity index (χ0n) is 12.0. The molecule has 0 amide bonds. The molecule has 0 saturated heterocycles. The molecule has 0 aliphatic rings. The number of benzene rings is 2. The Bertz CT molecular complexity index is 942. The molecule has 1 aromatic heterocycles. The number of aromatic carboxylic acids is 1. The predicted molar refractivity (Wildman–Crippen MR) is 97.5 cm³/mol. The molecule has 0 atom stereocenters. The van der Waals surface area contributed by atoms with Crippen molar-refractivity contribution in [2.24, 2.45) is 0 Å². The molecule has 0 aliphatic carbocycles. The molecule has 2 aromatic carbocycles. The van der Waals surface area contributed by atoms with Crippen LogP contribution in [-0.2, 0) is 0 Å². The van der Waals surface area contributed by atoms with Gasteiger partial charge in [-0.15, -0.1) is 0 Å². The van der Waals surface area contributed by atoms with Gasteiger partial charge in [0.25, 0.3) is 5.91 Å². The van der Waals surface area contributed by atoms with E-state index in [0.717, 1.165) is 14.5 Å². The number of carboxylic acids is 1. The van der Waals surface area contributed by atoms with Gasteiger partial charge >= 0.3 is 5.97 Å². The molecular formula is C17H11ClINO3. The van der Waals surface area contributed by atoms with E-state index in [1.54, 1.807) is 24.4 Å². The van der Waals surface area contributed by atoms with Crippen LogP contribution in [0.15, 0.2) is 42.6 Å². The van der Waals surface area contributed by atoms with Crippen LogP contribution < -0.4 is 0 Å². The molecule has 4 nitrogen and oxygen atoms in total. The number of aryl methyl sites for hydroxylation is 1. The Labute approximate surface area is 150 Å². The molecule has 0 fully saturated rings. The molecule has 0 bridgehead atoms. The largest absolute Gasteiger partial charge is 0.478 e. The van der Waals surface area contributed by atoms with Crippen molar-refractivity contribution in [2.45, 2.75) is 6.92 Å². The molecule has 0 radical (unpaired) electrons. The second kappa shape index (κ2) is 5.98. The Kier molecular flexibility index (Phi) is 4.16. The van der Waals surface area contributed by atoms with Gasteiger partial charge in [-0.1, -0.05) is 29.8 Å². The van der Waals surface area contributed by atoms with Crippen molar-refractivity contribution >= 4 is 57.0 Å². The summed E-state index contributed by atoms with van der Waals surface area (Å²) >= 11 is 8.31. The molecule has 23 heavy (non-hydrogen) atoms. The number of hydrogen-bond donors (Lipinski definition) is 1. The fraction of sp³-hybridized carbons (Fsp3) is 0.0588. The quantitative estimate of drug-likeness (QED) is 0.594. The van der Waals surface area contributed by atoms with Crippen LogP contribution in [0.2, 0.25) is 5.02 Å². The zero-order valence-corrected chi connectivity index (χ0v) is 14.9. The van der Waals surface area contributed by atoms with Gasteiger partial charge in [0, 0.05) is 15.2 Å². The molecule has 1 N–H and O–H groups in total. The van der Waals surface area contributed by atoms with Gasteiger partial charge in [-0.05, 0) is 53.3 Å². The highest BCUT2D eigenvalue weighted by molar-refractivity contribution is 14.1. The Morgan fingerprint density at radius 2 is 1.96 bits per heavy atom. The van der Waals surface area contributed by atoms with Crippen molar-refractivity contribution in [1.82, 2.24) is 4.57 Å². The number of nitrogens with zero attached hydrogens (tertiary/aromatic N) is 1. The molecule has 1 heterocycles. The summed E-state index contributed by atoms with van der Waals surface area (Å²) in [5, 5.41) is 10.4. The molecule has 3 aromatic rings. The summed E-state index contributed by atoms with van der Waals surface area (Å²) in [5.74, 6) is -1.31. The molecule has 0 saturated carbocycles. The molecule has 3 rings (SSSR count). The highest BCUT2D eigenvalue weighted by Crippen LogP contribution is 2.27. The number of hydrogen-bond acceptors (Lipinski definition) is 2. The molecule has 6 heteroatoms. The highest BCUT2D eigenvalue weighted by atomic mass is 127. The summed E-state index contributed by atoms with van der Waals surface area (Å²) in [6, 6.07) is 10.0. The summed E-state index contributed by atoms with van der Waals surface area (Å²) in [4.78, 5) is 24.1. The first-order valence-electron chi connectivity index (χ1n) is 6.74. The third kappa shape index (κ3) is 2.74. The van der Waals surface area contributed by atoms with E-state index in [9.17, 15) is 9.59 Å². The first-order valence-corrected chi connectivity index (χ1v) is 8.19. The van der Waals surface area contributed by atoms with Gasteiger partial charge in [0.05, 0.1) is 21.7 Å². The second-order valence-electron chi connectivity index (χ2n) is 5.12. The lowest BCUT2D eigenvalue weighted by Crippen LogP contribution is -2.13. The molecule has 116 valence electrons. The number of carboxylic acid groups (broad SMARTS) is 1. The Morgan fingerprint density at radius 1 is 1.22 bits per heavy atom. The van der Waals surface area contributed by atoms with E-state index in [2.05, 4.69) is 22.6 Å². The number of fused-ring (bicyclic) bond motifs is 1. The van der Waals surface area contributed by atoms with E-state index in [-0.39, 0.29) is 11.5 Å². The van der Waals surface area contributed by atoms with Crippen LogP contribution in [0.25, 0.3) is 10.9 Å². The normalized spacial score (nSPS) is 10.9. The second-order valence-corrected chi connectivity index (χ2v) is 6.69. The van der Waals surface area contributed by atoms with E-state index >= 15 is 0 Å². The van der Waals surface area contributed by atoms with E-state index in [4.69, 9.17) is 16.7 Å². The first-order chi connectivity index (χ1) is 10.9. The SMILES string of the molecule is Cc1cccc(Cl)c1C(=O)n1cc(I)c2ccc(C(=O)O)cc21. The van der Waals surface area contributed by atoms with Crippen molar-refractivity contribution < 1.29 is 14.7 Å². The van der Waals surface area contributed by atoms with Gasteiger partial charge in [0.1, 0.15) is 0 Å². The van der Waals surface area contributed by atoms with Gasteiger partial charge in [-0.2, -0.15) is 0 Å². The van der Waals surface area contributed by atoms with Crippen LogP contribution >= 0.6 is 34.2 Å². The van der Waals surface area contributed by atoms with Crippen LogP contribution in [0, 0.1) is 10.5 Å². The predicted octanol–water partition coefficient (Wildman–Crippen LogP) is 4.59. The monoisotopic (exact) mass is 439 g/mol. The van der Waals surface area contributed by atoms with Crippen LogP contribution in [0.5, 0.6) is 0 Å². The molecule has 0 spiro atoms. The average Bonchev–Trinajstić information content (AvgIpc) is 2.83. The van der Waals surface area contributed by atoms with E-state index in [1.165, 1.54) is 16.7 Å². The highest BCUT2D eigenvalue weighted by Gasteiger charge is 2.19. The maximum Gasteiger partial charge on any atom is 0.335 e. The maximum absolute atomic E-state index is 12.9. The van der Waals surface area contributed by atoms with Crippen LogP contribution in [0.4, 0.5) is 0 Å². The van der Waals surface area contributed by atoms with Crippen molar-refractivity contribution in [2.75, 3.05) is 0 Å². The number of carbonyl (C=O) groups is 2. The van der Waals surface area contributed by atoms with Crippen LogP contribution in [0.3, 0.4) is 0 Å². The van der Waals surface area contributed by atoms with Crippen LogP contribution in [-0.4, -0.2) is 21.6 Å². The summed E-state index contributed by atoms with van der Waals surface area (Å²) in [6.07, 6.45) is 1.70. The summed E-state index contributed by atoms with van der Waals surface area (Å²) in [7, 11) is 0. The van der Waals surface area contributed by atoms with Gasteiger partial charge in [-0.3, -0.25) is 9.36 Å². The van der Waals surface area contributed by atoms with E-state index in [1.807, 2.05) is 13.0 Å². The lowest BCUT2D eigenvalue weighted by Gasteiger charge is -2.09. The van der Waals surface area contributed by atoms with Gasteiger partial charge < -0.3 is 5.11 Å². The van der Waals surface area contributed by atoms with Gasteiger partial charge in [-0.25, -0.2) is 4.79 Å². The summed E-state index contributed by atoms with van der Waals surface area (Å²) < 4.78 is 2.32. The minimum Gasteiger partial charge on any atom is -0.478 e. The van der Waals surface area contributed by atoms with Gasteiger partial charge in [0.2, 0.25) is 0 Å². The number of aromatic nitrogens is 1. The van der Waals surface area contributed by atoms with Crippen molar-refractivity contribution in [3.8, 4) is 0 Å². The number of halogens is 2. The number of carbonyl (C=O) groups excluding carboxylic acids is 1. The Balaban J connectivity index is 2.25. The number of rotatable bonds is 2. The third-order valence-corrected chi connectivity index (χ3v) is 4.83. The third-order valence-electron chi connectivity index (χ3n) is 3.66. The first kappa shape index (κ1) is 16.0. The fourth-order valence-electron chi connectivity index (χ4n) is 2.51. The minimum absolute atomic E-state index is 0.136. The molecule has 0 aliphatic heterocycles. The van der Waals surface area contributed by atoms with Crippen molar-refractivity contribution in [1.29, 1.82) is 0 Å². The minimum atomic E-state index is -1.03. The van der Waals surface area contributed by atoms with Gasteiger partial charge in [0.15, 0.2) is 0 Å². The zero-order chi connectivity index (χ0) is 16.7. The van der Waals surface area contributed by atoms with E-state index in [0.29, 0.717) is 16.1 Å². The van der Waals surface area contributed by atoms with Crippen LogP contribution in [0.1, 0.15) is 26.3 Å². The topological polar surface area (TPSA) is 59.3 Å². The van der Waals surface area contributed by atoms with Crippen molar-refractivity contribution in [3.63, 3.8) is 0 Å². The smallest absolute Gasteiger partial charge is 0.335 e. The standard InChI is InChI=1S/C17H11ClINO3/c1-9-3-2-4-12(18)15(9)16(21)20-8-13(19)11-6-5-10(17(22)23)7-14(11)20/h2-8H,1H3,(H,22,23). The molecular weight excluding hydrogens is 429 g/mol. The Hall–Kier alpha value is -1.86. The molecule has 0 unspecified atom stereocenters. The Morgan fingerprint density at radius 3 is 2.61 bits per heavy atom.